The van der Waals surface area contributed by atoms with Gasteiger partial charge in [-0.25, -0.2) is 0 Å². The highest BCUT2D eigenvalue weighted by atomic mass is 35.5. The summed E-state index contributed by atoms with van der Waals surface area (Å²) in [6, 6.07) is 8.19. The molecule has 0 unspecified atom stereocenters. The van der Waals surface area contributed by atoms with Gasteiger partial charge in [-0.3, -0.25) is 19.0 Å². The summed E-state index contributed by atoms with van der Waals surface area (Å²) in [6.45, 7) is 0. The molecule has 0 bridgehead atoms. The summed E-state index contributed by atoms with van der Waals surface area (Å²) >= 11 is 6.02. The van der Waals surface area contributed by atoms with Crippen LogP contribution in [0.2, 0.25) is 5.02 Å². The Balaban J connectivity index is 1.75. The van der Waals surface area contributed by atoms with E-state index in [0.717, 1.165) is 0 Å². The fourth-order valence-electron chi connectivity index (χ4n) is 2.21. The molecule has 128 valence electrons. The van der Waals surface area contributed by atoms with Gasteiger partial charge in [-0.2, -0.15) is 10.2 Å². The third-order valence-electron chi connectivity index (χ3n) is 3.44. The number of hydrogen-bond acceptors (Lipinski definition) is 4. The summed E-state index contributed by atoms with van der Waals surface area (Å²) in [4.78, 5) is 24.6. The largest absolute Gasteiger partial charge is 0.318 e. The number of benzene rings is 1. The summed E-state index contributed by atoms with van der Waals surface area (Å²) < 4.78 is 2.98. The van der Waals surface area contributed by atoms with E-state index in [9.17, 15) is 9.59 Å². The normalized spacial score (nSPS) is 10.5. The average molecular weight is 359 g/mol. The van der Waals surface area contributed by atoms with Gasteiger partial charge >= 0.3 is 0 Å². The number of halogens is 1. The van der Waals surface area contributed by atoms with Gasteiger partial charge in [0, 0.05) is 26.4 Å². The van der Waals surface area contributed by atoms with E-state index < -0.39 is 5.91 Å². The Morgan fingerprint density at radius 2 is 1.88 bits per heavy atom. The number of hydrogen-bond donors (Lipinski definition) is 2. The molecule has 3 rings (SSSR count). The lowest BCUT2D eigenvalue weighted by molar-refractivity contribution is 0.101. The SMILES string of the molecule is Cn1cc(NC(=O)c2cc(NC(=O)c3ccccc3Cl)n(C)n2)cn1. The number of aromatic nitrogens is 4. The van der Waals surface area contributed by atoms with Gasteiger partial charge in [0.1, 0.15) is 5.82 Å². The van der Waals surface area contributed by atoms with Gasteiger partial charge in [0.15, 0.2) is 5.69 Å². The third-order valence-corrected chi connectivity index (χ3v) is 3.76. The van der Waals surface area contributed by atoms with E-state index in [1.54, 1.807) is 49.2 Å². The number of carbonyl (C=O) groups excluding carboxylic acids is 2. The minimum Gasteiger partial charge on any atom is -0.318 e. The Kier molecular flexibility index (Phi) is 4.53. The fourth-order valence-corrected chi connectivity index (χ4v) is 2.43. The molecule has 0 radical (unpaired) electrons. The molecule has 2 aromatic heterocycles. The topological polar surface area (TPSA) is 93.8 Å². The van der Waals surface area contributed by atoms with Gasteiger partial charge in [0.25, 0.3) is 11.8 Å². The van der Waals surface area contributed by atoms with Crippen LogP contribution in [0, 0.1) is 0 Å². The first-order valence-corrected chi connectivity index (χ1v) is 7.72. The predicted octanol–water partition coefficient (Wildman–Crippen LogP) is 2.31. The van der Waals surface area contributed by atoms with Crippen LogP contribution >= 0.6 is 11.6 Å². The van der Waals surface area contributed by atoms with E-state index in [-0.39, 0.29) is 11.6 Å². The van der Waals surface area contributed by atoms with Crippen LogP contribution < -0.4 is 10.6 Å². The van der Waals surface area contributed by atoms with E-state index in [2.05, 4.69) is 20.8 Å². The van der Waals surface area contributed by atoms with E-state index in [4.69, 9.17) is 11.6 Å². The second-order valence-electron chi connectivity index (χ2n) is 5.33. The third kappa shape index (κ3) is 3.69. The van der Waals surface area contributed by atoms with Crippen LogP contribution in [0.3, 0.4) is 0 Å². The maximum Gasteiger partial charge on any atom is 0.276 e. The molecule has 3 aromatic rings. The van der Waals surface area contributed by atoms with Crippen LogP contribution in [0.5, 0.6) is 0 Å². The van der Waals surface area contributed by atoms with Crippen molar-refractivity contribution in [1.29, 1.82) is 0 Å². The van der Waals surface area contributed by atoms with Crippen LogP contribution in [-0.4, -0.2) is 31.4 Å². The summed E-state index contributed by atoms with van der Waals surface area (Å²) in [7, 11) is 3.38. The maximum absolute atomic E-state index is 12.3. The van der Waals surface area contributed by atoms with Crippen LogP contribution in [0.1, 0.15) is 20.8 Å². The maximum atomic E-state index is 12.3. The highest BCUT2D eigenvalue weighted by Gasteiger charge is 2.17. The minimum absolute atomic E-state index is 0.167. The minimum atomic E-state index is -0.401. The molecule has 2 heterocycles. The molecule has 0 fully saturated rings. The van der Waals surface area contributed by atoms with Crippen LogP contribution in [0.25, 0.3) is 0 Å². The van der Waals surface area contributed by atoms with Crippen molar-refractivity contribution in [1.82, 2.24) is 19.6 Å². The van der Waals surface area contributed by atoms with Crippen molar-refractivity contribution in [2.75, 3.05) is 10.6 Å². The predicted molar refractivity (Wildman–Crippen MR) is 93.8 cm³/mol. The van der Waals surface area contributed by atoms with Gasteiger partial charge < -0.3 is 10.6 Å². The molecule has 25 heavy (non-hydrogen) atoms. The zero-order chi connectivity index (χ0) is 18.0. The van der Waals surface area contributed by atoms with Crippen molar-refractivity contribution in [2.45, 2.75) is 0 Å². The van der Waals surface area contributed by atoms with Gasteiger partial charge in [0.05, 0.1) is 22.5 Å². The average Bonchev–Trinajstić information content (AvgIpc) is 3.14. The molecule has 9 heteroatoms. The highest BCUT2D eigenvalue weighted by Crippen LogP contribution is 2.18. The summed E-state index contributed by atoms with van der Waals surface area (Å²) in [5.41, 5.74) is 1.06. The molecular formula is C16H15ClN6O2. The van der Waals surface area contributed by atoms with E-state index in [1.807, 2.05) is 0 Å². The Morgan fingerprint density at radius 1 is 1.12 bits per heavy atom. The fraction of sp³-hybridized carbons (Fsp3) is 0.125. The number of rotatable bonds is 4. The molecule has 0 saturated heterocycles. The lowest BCUT2D eigenvalue weighted by Gasteiger charge is -2.06. The molecule has 0 atom stereocenters. The van der Waals surface area contributed by atoms with Crippen molar-refractivity contribution < 1.29 is 9.59 Å². The van der Waals surface area contributed by atoms with E-state index >= 15 is 0 Å². The number of carbonyl (C=O) groups is 2. The molecule has 0 spiro atoms. The molecule has 0 aliphatic carbocycles. The van der Waals surface area contributed by atoms with Gasteiger partial charge in [0.2, 0.25) is 0 Å². The number of nitrogens with one attached hydrogen (secondary N) is 2. The Labute approximate surface area is 148 Å². The molecule has 0 aliphatic rings. The van der Waals surface area contributed by atoms with Crippen molar-refractivity contribution >= 4 is 34.9 Å². The zero-order valence-corrected chi connectivity index (χ0v) is 14.3. The molecule has 0 saturated carbocycles. The Hall–Kier alpha value is -3.13. The molecule has 2 amide bonds. The monoisotopic (exact) mass is 358 g/mol. The van der Waals surface area contributed by atoms with Crippen molar-refractivity contribution in [2.24, 2.45) is 14.1 Å². The summed E-state index contributed by atoms with van der Waals surface area (Å²) in [5.74, 6) is -0.407. The molecule has 8 nitrogen and oxygen atoms in total. The Bertz CT molecular complexity index is 946. The molecule has 1 aromatic carbocycles. The highest BCUT2D eigenvalue weighted by molar-refractivity contribution is 6.34. The number of nitrogens with zero attached hydrogens (tertiary/aromatic N) is 4. The molecular weight excluding hydrogens is 344 g/mol. The smallest absolute Gasteiger partial charge is 0.276 e. The molecule has 0 aliphatic heterocycles. The van der Waals surface area contributed by atoms with Crippen molar-refractivity contribution in [3.63, 3.8) is 0 Å². The quantitative estimate of drug-likeness (QED) is 0.748. The van der Waals surface area contributed by atoms with Crippen LogP contribution in [0.4, 0.5) is 11.5 Å². The van der Waals surface area contributed by atoms with E-state index in [0.29, 0.717) is 22.1 Å². The number of amides is 2. The van der Waals surface area contributed by atoms with Crippen LogP contribution in [0.15, 0.2) is 42.7 Å². The summed E-state index contributed by atoms with van der Waals surface area (Å²) in [5, 5.41) is 13.8. The lowest BCUT2D eigenvalue weighted by atomic mass is 10.2. The van der Waals surface area contributed by atoms with Crippen LogP contribution in [-0.2, 0) is 14.1 Å². The van der Waals surface area contributed by atoms with Crippen molar-refractivity contribution in [3.8, 4) is 0 Å². The Morgan fingerprint density at radius 3 is 2.56 bits per heavy atom. The number of aryl methyl sites for hydroxylation is 2. The number of anilines is 2. The first-order valence-electron chi connectivity index (χ1n) is 7.34. The first-order chi connectivity index (χ1) is 11.9. The van der Waals surface area contributed by atoms with Gasteiger partial charge in [-0.05, 0) is 12.1 Å². The van der Waals surface area contributed by atoms with Gasteiger partial charge in [-0.1, -0.05) is 23.7 Å². The van der Waals surface area contributed by atoms with E-state index in [1.165, 1.54) is 16.9 Å². The standard InChI is InChI=1S/C16H15ClN6O2/c1-22-9-10(8-18-22)19-16(25)13-7-14(23(2)21-13)20-15(24)11-5-3-4-6-12(11)17/h3-9H,1-2H3,(H,19,25)(H,20,24). The van der Waals surface area contributed by atoms with Crippen molar-refractivity contribution in [3.05, 3.63) is 59.0 Å². The lowest BCUT2D eigenvalue weighted by Crippen LogP contribution is -2.14. The summed E-state index contributed by atoms with van der Waals surface area (Å²) in [6.07, 6.45) is 3.20. The zero-order valence-electron chi connectivity index (χ0n) is 13.5. The first kappa shape index (κ1) is 16.7. The second-order valence-corrected chi connectivity index (χ2v) is 5.74. The second kappa shape index (κ2) is 6.78. The molecule has 2 N–H and O–H groups in total. The van der Waals surface area contributed by atoms with Gasteiger partial charge in [-0.15, -0.1) is 0 Å².